The lowest BCUT2D eigenvalue weighted by Crippen LogP contribution is -3.02. The molecular weight excluding hydrogens is 833 g/mol. The molecule has 0 aromatic heterocycles. The van der Waals surface area contributed by atoms with Crippen molar-refractivity contribution in [2.75, 3.05) is 0 Å². The van der Waals surface area contributed by atoms with Crippen molar-refractivity contribution in [1.29, 1.82) is 0 Å². The zero-order valence-corrected chi connectivity index (χ0v) is 54.0. The average Bonchev–Trinajstić information content (AvgIpc) is 2.84. The Morgan fingerprint density at radius 1 is 0.219 bits per heavy atom. The molecular formula is C60H108Si4. The normalized spacial score (nSPS) is 34.3. The summed E-state index contributed by atoms with van der Waals surface area (Å²) in [4.78, 5) is 0. The van der Waals surface area contributed by atoms with Gasteiger partial charge in [-0.25, -0.2) is 0 Å². The molecule has 0 N–H and O–H groups in total. The molecule has 2 spiro atoms. The van der Waals surface area contributed by atoms with Crippen LogP contribution in [0.5, 0.6) is 0 Å². The molecule has 0 aromatic rings. The molecule has 0 radical (unpaired) electrons. The summed E-state index contributed by atoms with van der Waals surface area (Å²) in [6, 6.07) is 0. The Bertz CT molecular complexity index is 1940. The highest BCUT2D eigenvalue weighted by Gasteiger charge is 3.04. The molecule has 0 bridgehead atoms. The third kappa shape index (κ3) is 5.10. The van der Waals surface area contributed by atoms with Crippen molar-refractivity contribution in [1.82, 2.24) is 0 Å². The van der Waals surface area contributed by atoms with Crippen molar-refractivity contribution in [3.05, 3.63) is 43.1 Å². The second kappa shape index (κ2) is 12.6. The van der Waals surface area contributed by atoms with Crippen LogP contribution in [0, 0.1) is 65.0 Å². The summed E-state index contributed by atoms with van der Waals surface area (Å²) in [7, 11) is -7.66. The minimum Gasteiger partial charge on any atom is -0.0689 e. The highest BCUT2D eigenvalue weighted by atomic mass is 28.9. The zero-order chi connectivity index (χ0) is 50.8. The molecule has 4 unspecified atom stereocenters. The van der Waals surface area contributed by atoms with Crippen molar-refractivity contribution in [2.45, 2.75) is 268 Å². The van der Waals surface area contributed by atoms with Crippen LogP contribution < -0.4 is 0 Å². The fourth-order valence-electron chi connectivity index (χ4n) is 19.5. The van der Waals surface area contributed by atoms with E-state index in [1.54, 1.807) is 0 Å². The van der Waals surface area contributed by atoms with Crippen LogP contribution in [-0.2, 0) is 0 Å². The SMILES string of the molecule is CC(C)(C)C1=C(C(C)(C)C)[Si]23C(C(C)(C)C)=C(C(C)(C)C)C2(C(C)(C)C)[Si](=[Si]2C4(C(C)(C)C)C(C(C)(C)C)=C(C(C)(C)C)[Si]45C(C(C)(C)C)=C(C(C)(C)C)C25C(C)(C)C)C13C(C)(C)C. The van der Waals surface area contributed by atoms with E-state index in [4.69, 9.17) is 0 Å². The van der Waals surface area contributed by atoms with Crippen LogP contribution in [0.4, 0.5) is 0 Å². The Labute approximate surface area is 405 Å². The first-order chi connectivity index (χ1) is 27.4. The smallest absolute Gasteiger partial charge is 0.0689 e. The molecule has 0 aliphatic carbocycles. The first kappa shape index (κ1) is 53.2. The van der Waals surface area contributed by atoms with Gasteiger partial charge in [0.1, 0.15) is 16.1 Å². The van der Waals surface area contributed by atoms with Crippen LogP contribution in [0.2, 0.25) is 18.6 Å². The highest BCUT2D eigenvalue weighted by molar-refractivity contribution is 7.41. The van der Waals surface area contributed by atoms with Crippen LogP contribution >= 0.6 is 0 Å². The first-order valence-electron chi connectivity index (χ1n) is 26.2. The largest absolute Gasteiger partial charge is 0.131 e. The fraction of sp³-hybridized carbons (Fsp3) is 0.867. The lowest BCUT2D eigenvalue weighted by Gasteiger charge is -2.99. The molecule has 4 heteroatoms. The molecule has 0 saturated carbocycles. The number of hydrogen-bond donors (Lipinski definition) is 0. The molecule has 0 aromatic carbocycles. The Morgan fingerprint density at radius 3 is 0.422 bits per heavy atom. The van der Waals surface area contributed by atoms with E-state index in [0.29, 0.717) is 0 Å². The molecule has 6 aliphatic heterocycles. The molecule has 364 valence electrons. The van der Waals surface area contributed by atoms with Gasteiger partial charge in [-0.15, -0.1) is 0 Å². The van der Waals surface area contributed by atoms with Gasteiger partial charge in [0.05, 0.1) is 0 Å². The van der Waals surface area contributed by atoms with E-state index < -0.39 is 31.9 Å². The van der Waals surface area contributed by atoms with E-state index in [0.717, 1.165) is 0 Å². The van der Waals surface area contributed by atoms with E-state index >= 15 is 0 Å². The van der Waals surface area contributed by atoms with Gasteiger partial charge in [-0.1, -0.05) is 292 Å². The van der Waals surface area contributed by atoms with Crippen LogP contribution in [0.15, 0.2) is 43.1 Å². The molecule has 6 heterocycles. The summed E-state index contributed by atoms with van der Waals surface area (Å²) in [5.74, 6) is 0. The van der Waals surface area contributed by atoms with Gasteiger partial charge in [0.25, 0.3) is 0 Å². The van der Waals surface area contributed by atoms with Gasteiger partial charge in [0.15, 0.2) is 0 Å². The minimum absolute atomic E-state index is 0.0802. The third-order valence-corrected chi connectivity index (χ3v) is 58.0. The molecule has 64 heavy (non-hydrogen) atoms. The standard InChI is InChI=1S/C60H108Si4/c1-45(2,3)37-41(49(13,14)15)63-42(50(16,17)18)38(46(4,5)6)58(63,54(28,29)30)61(57(37,63)53(25,26)27)62-59(55(31,32)33)39(47(7,8)9)43(51(19,20)21)64(59)44(52(22,23)24)40(48(10,11)12)60(62,64)56(34,35)36/h1-36H3. The predicted octanol–water partition coefficient (Wildman–Crippen LogP) is 19.0. The average molecular weight is 942 g/mol. The van der Waals surface area contributed by atoms with E-state index in [1.165, 1.54) is 0 Å². The van der Waals surface area contributed by atoms with Gasteiger partial charge < -0.3 is 0 Å². The maximum Gasteiger partial charge on any atom is 0.131 e. The maximum absolute atomic E-state index is 2.82. The molecule has 6 aliphatic rings. The Kier molecular flexibility index (Phi) is 10.5. The Morgan fingerprint density at radius 2 is 0.344 bits per heavy atom. The van der Waals surface area contributed by atoms with Crippen LogP contribution in [0.25, 0.3) is 0 Å². The summed E-state index contributed by atoms with van der Waals surface area (Å²) in [6.07, 6.45) is 0. The third-order valence-electron chi connectivity index (χ3n) is 18.5. The molecule has 2 saturated heterocycles. The van der Waals surface area contributed by atoms with Crippen molar-refractivity contribution < 1.29 is 0 Å². The van der Waals surface area contributed by atoms with Crippen LogP contribution in [-0.4, -0.2) is 31.9 Å². The number of allylic oxidation sites excluding steroid dienone is 8. The van der Waals surface area contributed by atoms with Crippen molar-refractivity contribution >= 4 is 31.9 Å². The van der Waals surface area contributed by atoms with Gasteiger partial charge in [-0.05, 0) is 65.0 Å². The summed E-state index contributed by atoms with van der Waals surface area (Å²) in [5.41, 5.74) is 9.15. The van der Waals surface area contributed by atoms with Gasteiger partial charge in [-0.3, -0.25) is 0 Å². The number of rotatable bonds is 0. The second-order valence-corrected chi connectivity index (χ2v) is 52.8. The molecule has 0 nitrogen and oxygen atoms in total. The fourth-order valence-corrected chi connectivity index (χ4v) is 82.2. The quantitative estimate of drug-likeness (QED) is 0.212. The highest BCUT2D eigenvalue weighted by Crippen LogP contribution is 3.04. The van der Waals surface area contributed by atoms with Gasteiger partial charge >= 0.3 is 0 Å². The van der Waals surface area contributed by atoms with Crippen LogP contribution in [0.1, 0.15) is 249 Å². The monoisotopic (exact) mass is 941 g/mol. The summed E-state index contributed by atoms with van der Waals surface area (Å²) in [6.45, 7) is 98.1. The van der Waals surface area contributed by atoms with E-state index in [2.05, 4.69) is 249 Å². The lowest BCUT2D eigenvalue weighted by atomic mass is 9.68. The molecule has 0 amide bonds. The van der Waals surface area contributed by atoms with Gasteiger partial charge in [0, 0.05) is 34.4 Å². The van der Waals surface area contributed by atoms with E-state index in [1.807, 2.05) is 43.1 Å². The predicted molar refractivity (Wildman–Crippen MR) is 295 cm³/mol. The van der Waals surface area contributed by atoms with Gasteiger partial charge in [0.2, 0.25) is 0 Å². The van der Waals surface area contributed by atoms with Crippen LogP contribution in [0.3, 0.4) is 0 Å². The number of hydrogen-bond acceptors (Lipinski definition) is 0. The Balaban J connectivity index is 2.25. The lowest BCUT2D eigenvalue weighted by molar-refractivity contribution is 0.184. The Hall–Kier alpha value is -0.172. The van der Waals surface area contributed by atoms with Crippen molar-refractivity contribution in [2.24, 2.45) is 65.0 Å². The molecule has 2 fully saturated rings. The topological polar surface area (TPSA) is 0 Å². The second-order valence-electron chi connectivity index (χ2n) is 35.2. The zero-order valence-electron chi connectivity index (χ0n) is 50.0. The maximum atomic E-state index is 2.82. The van der Waals surface area contributed by atoms with Crippen molar-refractivity contribution in [3.8, 4) is 0 Å². The van der Waals surface area contributed by atoms with E-state index in [9.17, 15) is 0 Å². The van der Waals surface area contributed by atoms with E-state index in [-0.39, 0.29) is 83.6 Å². The summed E-state index contributed by atoms with van der Waals surface area (Å²) >= 11 is 0. The minimum atomic E-state index is -2.52. The summed E-state index contributed by atoms with van der Waals surface area (Å²) in [5, 5.41) is 8.04. The first-order valence-corrected chi connectivity index (χ1v) is 34.2. The molecule has 6 rings (SSSR count). The summed E-state index contributed by atoms with van der Waals surface area (Å²) < 4.78 is 0.954. The molecule has 4 atom stereocenters. The van der Waals surface area contributed by atoms with Gasteiger partial charge in [-0.2, -0.15) is 0 Å². The van der Waals surface area contributed by atoms with Crippen molar-refractivity contribution in [3.63, 3.8) is 0 Å².